The van der Waals surface area contributed by atoms with Crippen molar-refractivity contribution in [1.29, 1.82) is 0 Å². The van der Waals surface area contributed by atoms with Gasteiger partial charge in [-0.1, -0.05) is 0 Å². The maximum Gasteiger partial charge on any atom is 0.336 e. The Morgan fingerprint density at radius 1 is 1.29 bits per heavy atom. The van der Waals surface area contributed by atoms with Gasteiger partial charge in [-0.05, 0) is 24.3 Å². The molecule has 0 radical (unpaired) electrons. The van der Waals surface area contributed by atoms with Crippen molar-refractivity contribution in [3.63, 3.8) is 0 Å². The maximum atomic E-state index is 12.0. The Morgan fingerprint density at radius 2 is 2.00 bits per heavy atom. The van der Waals surface area contributed by atoms with E-state index in [4.69, 9.17) is 14.6 Å². The third-order valence-corrected chi connectivity index (χ3v) is 4.15. The summed E-state index contributed by atoms with van der Waals surface area (Å²) in [6.07, 6.45) is 0. The molecule has 0 unspecified atom stereocenters. The minimum Gasteiger partial charge on any atom is -0.480 e. The molecule has 1 aromatic carbocycles. The number of carbonyl (C=O) groups is 1. The molecule has 0 bridgehead atoms. The maximum absolute atomic E-state index is 12.0. The lowest BCUT2D eigenvalue weighted by molar-refractivity contribution is -0.139. The fourth-order valence-corrected chi connectivity index (χ4v) is 2.85. The lowest BCUT2D eigenvalue weighted by Crippen LogP contribution is -2.43. The Balaban J connectivity index is 2.42. The molecule has 0 spiro atoms. The van der Waals surface area contributed by atoms with Crippen LogP contribution >= 0.6 is 0 Å². The van der Waals surface area contributed by atoms with Crippen LogP contribution in [0, 0.1) is 0 Å². The normalized spacial score (nSPS) is 13.2. The first-order chi connectivity index (χ1) is 9.83. The molecule has 0 amide bonds. The van der Waals surface area contributed by atoms with Crippen molar-refractivity contribution in [3.05, 3.63) is 40.8 Å². The molecule has 1 atom stereocenters. The van der Waals surface area contributed by atoms with E-state index in [0.29, 0.717) is 5.39 Å². The molecule has 0 aliphatic heterocycles. The number of hydrogen-bond acceptors (Lipinski definition) is 6. The van der Waals surface area contributed by atoms with Crippen LogP contribution < -0.4 is 10.3 Å². The van der Waals surface area contributed by atoms with E-state index in [1.54, 1.807) is 0 Å². The van der Waals surface area contributed by atoms with Crippen LogP contribution in [-0.4, -0.2) is 37.2 Å². The van der Waals surface area contributed by atoms with Crippen LogP contribution in [0.5, 0.6) is 0 Å². The number of benzene rings is 1. The third kappa shape index (κ3) is 3.27. The van der Waals surface area contributed by atoms with Crippen LogP contribution in [0.1, 0.15) is 0 Å². The zero-order valence-corrected chi connectivity index (χ0v) is 11.3. The molecule has 0 fully saturated rings. The van der Waals surface area contributed by atoms with Crippen LogP contribution in [0.3, 0.4) is 0 Å². The number of fused-ring (bicyclic) bond motifs is 1. The highest BCUT2D eigenvalue weighted by atomic mass is 32.2. The first-order valence-electron chi connectivity index (χ1n) is 5.73. The van der Waals surface area contributed by atoms with E-state index in [-0.39, 0.29) is 10.5 Å². The van der Waals surface area contributed by atoms with E-state index in [1.807, 2.05) is 4.72 Å². The summed E-state index contributed by atoms with van der Waals surface area (Å²) in [5.74, 6) is -1.49. The largest absolute Gasteiger partial charge is 0.480 e. The number of nitrogens with one attached hydrogen (secondary N) is 1. The Labute approximate surface area is 118 Å². The lowest BCUT2D eigenvalue weighted by atomic mass is 10.2. The summed E-state index contributed by atoms with van der Waals surface area (Å²) in [5.41, 5.74) is -0.360. The van der Waals surface area contributed by atoms with Gasteiger partial charge in [-0.3, -0.25) is 4.79 Å². The molecule has 21 heavy (non-hydrogen) atoms. The average Bonchev–Trinajstić information content (AvgIpc) is 2.43. The van der Waals surface area contributed by atoms with Crippen molar-refractivity contribution in [3.8, 4) is 0 Å². The van der Waals surface area contributed by atoms with Gasteiger partial charge in [-0.15, -0.1) is 0 Å². The highest BCUT2D eigenvalue weighted by Crippen LogP contribution is 2.17. The van der Waals surface area contributed by atoms with Gasteiger partial charge in [0.1, 0.15) is 11.6 Å². The second kappa shape index (κ2) is 5.64. The summed E-state index contributed by atoms with van der Waals surface area (Å²) < 4.78 is 30.8. The van der Waals surface area contributed by atoms with E-state index < -0.39 is 34.3 Å². The predicted molar refractivity (Wildman–Crippen MR) is 71.3 cm³/mol. The standard InChI is InChI=1S/C12H11NO7S/c14-6-9(12(16)17)13-21(18,19)8-2-3-10-7(5-8)1-4-11(15)20-10/h1-5,9,13-14H,6H2,(H,16,17)/t9-/m0/s1. The van der Waals surface area contributed by atoms with E-state index in [2.05, 4.69) is 0 Å². The topological polar surface area (TPSA) is 134 Å². The average molecular weight is 313 g/mol. The van der Waals surface area contributed by atoms with Crippen LogP contribution in [0.4, 0.5) is 0 Å². The second-order valence-corrected chi connectivity index (χ2v) is 5.86. The van der Waals surface area contributed by atoms with Gasteiger partial charge in [-0.25, -0.2) is 13.2 Å². The molecule has 2 rings (SSSR count). The molecule has 1 aromatic heterocycles. The zero-order valence-electron chi connectivity index (χ0n) is 10.5. The van der Waals surface area contributed by atoms with Crippen LogP contribution in [-0.2, 0) is 14.8 Å². The number of aliphatic hydroxyl groups excluding tert-OH is 1. The number of aliphatic carboxylic acids is 1. The fourth-order valence-electron chi connectivity index (χ4n) is 1.64. The Hall–Kier alpha value is -2.23. The Kier molecular flexibility index (Phi) is 4.07. The number of rotatable bonds is 5. The fraction of sp³-hybridized carbons (Fsp3) is 0.167. The quantitative estimate of drug-likeness (QED) is 0.634. The summed E-state index contributed by atoms with van der Waals surface area (Å²) in [6.45, 7) is -0.878. The van der Waals surface area contributed by atoms with Crippen LogP contribution in [0.25, 0.3) is 11.0 Å². The SMILES string of the molecule is O=C(O)[C@H](CO)NS(=O)(=O)c1ccc2oc(=O)ccc2c1. The molecule has 0 aliphatic carbocycles. The third-order valence-electron chi connectivity index (χ3n) is 2.68. The lowest BCUT2D eigenvalue weighted by Gasteiger charge is -2.12. The first kappa shape index (κ1) is 15.2. The van der Waals surface area contributed by atoms with Gasteiger partial charge in [-0.2, -0.15) is 4.72 Å². The van der Waals surface area contributed by atoms with Crippen molar-refractivity contribution >= 4 is 27.0 Å². The molecular formula is C12H11NO7S. The van der Waals surface area contributed by atoms with Gasteiger partial charge in [0.2, 0.25) is 10.0 Å². The molecule has 2 aromatic rings. The molecule has 8 nitrogen and oxygen atoms in total. The minimum absolute atomic E-state index is 0.205. The van der Waals surface area contributed by atoms with Crippen molar-refractivity contribution in [2.75, 3.05) is 6.61 Å². The van der Waals surface area contributed by atoms with E-state index in [0.717, 1.165) is 6.07 Å². The monoisotopic (exact) mass is 313 g/mol. The van der Waals surface area contributed by atoms with Crippen molar-refractivity contribution in [1.82, 2.24) is 4.72 Å². The van der Waals surface area contributed by atoms with Crippen molar-refractivity contribution in [2.45, 2.75) is 10.9 Å². The Morgan fingerprint density at radius 3 is 2.62 bits per heavy atom. The summed E-state index contributed by atoms with van der Waals surface area (Å²) in [4.78, 5) is 21.6. The van der Waals surface area contributed by atoms with Gasteiger partial charge < -0.3 is 14.6 Å². The molecule has 0 aliphatic rings. The molecule has 0 saturated carbocycles. The van der Waals surface area contributed by atoms with E-state index in [1.165, 1.54) is 24.3 Å². The van der Waals surface area contributed by atoms with Crippen LogP contribution in [0.2, 0.25) is 0 Å². The van der Waals surface area contributed by atoms with Gasteiger partial charge in [0.05, 0.1) is 11.5 Å². The van der Waals surface area contributed by atoms with Gasteiger partial charge in [0, 0.05) is 11.5 Å². The molecule has 112 valence electrons. The molecular weight excluding hydrogens is 302 g/mol. The molecule has 9 heteroatoms. The van der Waals surface area contributed by atoms with Gasteiger partial charge in [0.15, 0.2) is 0 Å². The number of aliphatic hydroxyl groups is 1. The minimum atomic E-state index is -4.13. The molecule has 3 N–H and O–H groups in total. The second-order valence-electron chi connectivity index (χ2n) is 4.15. The number of carboxylic acid groups (broad SMARTS) is 1. The van der Waals surface area contributed by atoms with Gasteiger partial charge in [0.25, 0.3) is 0 Å². The van der Waals surface area contributed by atoms with Gasteiger partial charge >= 0.3 is 11.6 Å². The Bertz CT molecular complexity index is 840. The van der Waals surface area contributed by atoms with Crippen molar-refractivity contribution in [2.24, 2.45) is 0 Å². The number of sulfonamides is 1. The molecule has 0 saturated heterocycles. The van der Waals surface area contributed by atoms with Crippen LogP contribution in [0.15, 0.2) is 44.4 Å². The summed E-state index contributed by atoms with van der Waals surface area (Å²) >= 11 is 0. The highest BCUT2D eigenvalue weighted by molar-refractivity contribution is 7.89. The number of hydrogen-bond donors (Lipinski definition) is 3. The summed E-state index contributed by atoms with van der Waals surface area (Å²) in [5, 5.41) is 18.0. The number of carboxylic acids is 1. The van der Waals surface area contributed by atoms with E-state index >= 15 is 0 Å². The summed E-state index contributed by atoms with van der Waals surface area (Å²) in [6, 6.07) is 4.58. The first-order valence-corrected chi connectivity index (χ1v) is 7.22. The zero-order chi connectivity index (χ0) is 15.6. The molecule has 1 heterocycles. The smallest absolute Gasteiger partial charge is 0.336 e. The van der Waals surface area contributed by atoms with Crippen molar-refractivity contribution < 1.29 is 27.8 Å². The summed E-state index contributed by atoms with van der Waals surface area (Å²) in [7, 11) is -4.13. The highest BCUT2D eigenvalue weighted by Gasteiger charge is 2.24. The predicted octanol–water partition coefficient (Wildman–Crippen LogP) is -0.483. The van der Waals surface area contributed by atoms with E-state index in [9.17, 15) is 18.0 Å².